The Bertz CT molecular complexity index is 622. The highest BCUT2D eigenvalue weighted by molar-refractivity contribution is 7.13. The number of thiazole rings is 1. The molecule has 0 fully saturated rings. The largest absolute Gasteiger partial charge is 0.491 e. The van der Waals surface area contributed by atoms with Crippen LogP contribution in [0.2, 0.25) is 0 Å². The summed E-state index contributed by atoms with van der Waals surface area (Å²) in [4.78, 5) is 17.3. The fourth-order valence-electron chi connectivity index (χ4n) is 1.94. The lowest BCUT2D eigenvalue weighted by molar-refractivity contribution is 0.102. The van der Waals surface area contributed by atoms with Crippen LogP contribution in [0.3, 0.4) is 0 Å². The summed E-state index contributed by atoms with van der Waals surface area (Å²) in [5, 5.41) is 3.81. The maximum absolute atomic E-state index is 12.3. The van der Waals surface area contributed by atoms with E-state index in [2.05, 4.69) is 17.2 Å². The summed E-state index contributed by atoms with van der Waals surface area (Å²) in [7, 11) is 0. The lowest BCUT2D eigenvalue weighted by atomic mass is 10.2. The number of nitrogens with one attached hydrogen (secondary N) is 1. The van der Waals surface area contributed by atoms with Gasteiger partial charge in [-0.2, -0.15) is 0 Å². The Morgan fingerprint density at radius 3 is 2.76 bits per heavy atom. The Morgan fingerprint density at radius 1 is 1.33 bits per heavy atom. The molecule has 1 aromatic carbocycles. The van der Waals surface area contributed by atoms with E-state index in [0.29, 0.717) is 22.9 Å². The van der Waals surface area contributed by atoms with Crippen molar-refractivity contribution in [2.45, 2.75) is 33.6 Å². The molecule has 0 saturated heterocycles. The second kappa shape index (κ2) is 7.22. The van der Waals surface area contributed by atoms with Crippen molar-refractivity contribution in [3.63, 3.8) is 0 Å². The number of aryl methyl sites for hydroxylation is 2. The van der Waals surface area contributed by atoms with Crippen molar-refractivity contribution in [2.75, 3.05) is 11.9 Å². The minimum Gasteiger partial charge on any atom is -0.491 e. The summed E-state index contributed by atoms with van der Waals surface area (Å²) in [6.45, 7) is 6.52. The van der Waals surface area contributed by atoms with Crippen LogP contribution in [0.5, 0.6) is 5.75 Å². The van der Waals surface area contributed by atoms with Gasteiger partial charge in [0.25, 0.3) is 5.91 Å². The number of anilines is 1. The topological polar surface area (TPSA) is 51.2 Å². The molecule has 1 N–H and O–H groups in total. The van der Waals surface area contributed by atoms with E-state index >= 15 is 0 Å². The van der Waals surface area contributed by atoms with E-state index in [0.717, 1.165) is 23.5 Å². The molecule has 0 saturated carbocycles. The van der Waals surface area contributed by atoms with Crippen LogP contribution in [0.25, 0.3) is 0 Å². The molecule has 2 rings (SSSR count). The van der Waals surface area contributed by atoms with Gasteiger partial charge in [0, 0.05) is 0 Å². The molecule has 0 aliphatic rings. The molecule has 0 atom stereocenters. The minimum atomic E-state index is -0.135. The first-order valence-corrected chi connectivity index (χ1v) is 7.90. The normalized spacial score (nSPS) is 10.4. The van der Waals surface area contributed by atoms with Gasteiger partial charge in [-0.15, -0.1) is 11.3 Å². The van der Waals surface area contributed by atoms with E-state index in [1.807, 2.05) is 38.1 Å². The zero-order valence-corrected chi connectivity index (χ0v) is 13.4. The maximum Gasteiger partial charge on any atom is 0.267 e. The molecule has 0 aliphatic carbocycles. The van der Waals surface area contributed by atoms with Crippen LogP contribution in [0.1, 0.15) is 40.1 Å². The quantitative estimate of drug-likeness (QED) is 0.814. The standard InChI is InChI=1S/C16H20N2O2S/c1-4-5-10-20-14-9-7-6-8-13(14)18-16(19)15-11(2)17-12(3)21-15/h6-9H,4-5,10H2,1-3H3,(H,18,19). The molecule has 0 spiro atoms. The molecule has 0 bridgehead atoms. The number of nitrogens with zero attached hydrogens (tertiary/aromatic N) is 1. The maximum atomic E-state index is 12.3. The molecular weight excluding hydrogens is 284 g/mol. The van der Waals surface area contributed by atoms with E-state index in [1.165, 1.54) is 11.3 Å². The number of aromatic nitrogens is 1. The summed E-state index contributed by atoms with van der Waals surface area (Å²) in [5.41, 5.74) is 1.46. The summed E-state index contributed by atoms with van der Waals surface area (Å²) < 4.78 is 5.72. The molecule has 21 heavy (non-hydrogen) atoms. The summed E-state index contributed by atoms with van der Waals surface area (Å²) >= 11 is 1.41. The van der Waals surface area contributed by atoms with Crippen LogP contribution in [-0.2, 0) is 0 Å². The van der Waals surface area contributed by atoms with Crippen LogP contribution in [0.4, 0.5) is 5.69 Å². The predicted octanol–water partition coefficient (Wildman–Crippen LogP) is 4.19. The first-order chi connectivity index (χ1) is 10.1. The average Bonchev–Trinajstić information content (AvgIpc) is 2.80. The number of amides is 1. The zero-order valence-electron chi connectivity index (χ0n) is 12.6. The summed E-state index contributed by atoms with van der Waals surface area (Å²) in [6, 6.07) is 7.50. The second-order valence-electron chi connectivity index (χ2n) is 4.80. The van der Waals surface area contributed by atoms with Gasteiger partial charge in [0.2, 0.25) is 0 Å². The molecule has 5 heteroatoms. The van der Waals surface area contributed by atoms with E-state index in [4.69, 9.17) is 4.74 Å². The number of hydrogen-bond donors (Lipinski definition) is 1. The molecule has 112 valence electrons. The van der Waals surface area contributed by atoms with Gasteiger partial charge in [-0.3, -0.25) is 4.79 Å². The number of hydrogen-bond acceptors (Lipinski definition) is 4. The van der Waals surface area contributed by atoms with Crippen molar-refractivity contribution in [2.24, 2.45) is 0 Å². The average molecular weight is 304 g/mol. The number of carbonyl (C=O) groups excluding carboxylic acids is 1. The van der Waals surface area contributed by atoms with Gasteiger partial charge < -0.3 is 10.1 Å². The van der Waals surface area contributed by atoms with Crippen molar-refractivity contribution >= 4 is 22.9 Å². The first-order valence-electron chi connectivity index (χ1n) is 7.09. The molecule has 1 amide bonds. The Labute approximate surface area is 129 Å². The summed E-state index contributed by atoms with van der Waals surface area (Å²) in [6.07, 6.45) is 2.07. The van der Waals surface area contributed by atoms with Gasteiger partial charge >= 0.3 is 0 Å². The van der Waals surface area contributed by atoms with Crippen LogP contribution < -0.4 is 10.1 Å². The number of para-hydroxylation sites is 2. The lowest BCUT2D eigenvalue weighted by Gasteiger charge is -2.11. The Kier molecular flexibility index (Phi) is 5.33. The Hall–Kier alpha value is -1.88. The summed E-state index contributed by atoms with van der Waals surface area (Å²) in [5.74, 6) is 0.572. The van der Waals surface area contributed by atoms with Gasteiger partial charge in [0.05, 0.1) is 23.0 Å². The molecule has 4 nitrogen and oxygen atoms in total. The Balaban J connectivity index is 2.12. The fraction of sp³-hybridized carbons (Fsp3) is 0.375. The smallest absolute Gasteiger partial charge is 0.267 e. The van der Waals surface area contributed by atoms with E-state index < -0.39 is 0 Å². The highest BCUT2D eigenvalue weighted by Crippen LogP contribution is 2.26. The SMILES string of the molecule is CCCCOc1ccccc1NC(=O)c1sc(C)nc1C. The van der Waals surface area contributed by atoms with Crippen LogP contribution in [-0.4, -0.2) is 17.5 Å². The van der Waals surface area contributed by atoms with Gasteiger partial charge in [0.15, 0.2) is 0 Å². The van der Waals surface area contributed by atoms with Crippen LogP contribution >= 0.6 is 11.3 Å². The van der Waals surface area contributed by atoms with Gasteiger partial charge in [0.1, 0.15) is 10.6 Å². The third-order valence-corrected chi connectivity index (χ3v) is 4.07. The first kappa shape index (κ1) is 15.5. The minimum absolute atomic E-state index is 0.135. The number of carbonyl (C=O) groups is 1. The number of unbranched alkanes of at least 4 members (excludes halogenated alkanes) is 1. The zero-order chi connectivity index (χ0) is 15.2. The van der Waals surface area contributed by atoms with Gasteiger partial charge in [-0.25, -0.2) is 4.98 Å². The van der Waals surface area contributed by atoms with Gasteiger partial charge in [-0.1, -0.05) is 25.5 Å². The van der Waals surface area contributed by atoms with Crippen molar-refractivity contribution in [3.05, 3.63) is 39.8 Å². The van der Waals surface area contributed by atoms with E-state index in [-0.39, 0.29) is 5.91 Å². The molecule has 0 unspecified atom stereocenters. The number of benzene rings is 1. The monoisotopic (exact) mass is 304 g/mol. The van der Waals surface area contributed by atoms with Crippen LogP contribution in [0.15, 0.2) is 24.3 Å². The second-order valence-corrected chi connectivity index (χ2v) is 6.00. The molecule has 0 radical (unpaired) electrons. The van der Waals surface area contributed by atoms with E-state index in [9.17, 15) is 4.79 Å². The number of ether oxygens (including phenoxy) is 1. The number of rotatable bonds is 6. The van der Waals surface area contributed by atoms with Crippen molar-refractivity contribution in [3.8, 4) is 5.75 Å². The molecule has 2 aromatic rings. The fourth-order valence-corrected chi connectivity index (χ4v) is 2.76. The van der Waals surface area contributed by atoms with Gasteiger partial charge in [-0.05, 0) is 32.4 Å². The van der Waals surface area contributed by atoms with Crippen molar-refractivity contribution in [1.29, 1.82) is 0 Å². The molecule has 1 heterocycles. The highest BCUT2D eigenvalue weighted by atomic mass is 32.1. The molecular formula is C16H20N2O2S. The van der Waals surface area contributed by atoms with Crippen molar-refractivity contribution < 1.29 is 9.53 Å². The predicted molar refractivity (Wildman–Crippen MR) is 86.4 cm³/mol. The molecule has 0 aliphatic heterocycles. The third kappa shape index (κ3) is 4.04. The Morgan fingerprint density at radius 2 is 2.10 bits per heavy atom. The molecule has 1 aromatic heterocycles. The highest BCUT2D eigenvalue weighted by Gasteiger charge is 2.15. The van der Waals surface area contributed by atoms with Crippen molar-refractivity contribution in [1.82, 2.24) is 4.98 Å². The third-order valence-electron chi connectivity index (χ3n) is 3.00. The van der Waals surface area contributed by atoms with Crippen LogP contribution in [0, 0.1) is 13.8 Å². The lowest BCUT2D eigenvalue weighted by Crippen LogP contribution is -2.12. The van der Waals surface area contributed by atoms with E-state index in [1.54, 1.807) is 0 Å².